The van der Waals surface area contributed by atoms with Gasteiger partial charge in [0.25, 0.3) is 0 Å². The van der Waals surface area contributed by atoms with Gasteiger partial charge in [-0.3, -0.25) is 14.4 Å². The molecule has 0 spiro atoms. The van der Waals surface area contributed by atoms with Gasteiger partial charge in [0, 0.05) is 17.8 Å². The summed E-state index contributed by atoms with van der Waals surface area (Å²) in [5.74, 6) is -1.49. The first-order chi connectivity index (χ1) is 11.0. The first kappa shape index (κ1) is 18.8. The number of Topliss-reactive ketones (excluding diaryl/α,β-unsaturated/α-hetero) is 1. The molecule has 0 unspecified atom stereocenters. The molecule has 126 valence electrons. The molecule has 0 bridgehead atoms. The maximum Gasteiger partial charge on any atom is 0.313 e. The highest BCUT2D eigenvalue weighted by Crippen LogP contribution is 2.10. The second-order valence-corrected chi connectivity index (χ2v) is 5.23. The Hall–Kier alpha value is -2.21. The molecule has 6 heteroatoms. The zero-order valence-electron chi connectivity index (χ0n) is 14.0. The minimum atomic E-state index is -0.728. The summed E-state index contributed by atoms with van der Waals surface area (Å²) >= 11 is 0. The van der Waals surface area contributed by atoms with Crippen molar-refractivity contribution in [3.63, 3.8) is 0 Å². The molecule has 0 atom stereocenters. The van der Waals surface area contributed by atoms with Crippen LogP contribution >= 0.6 is 0 Å². The molecule has 1 aromatic rings. The van der Waals surface area contributed by atoms with Crippen molar-refractivity contribution in [2.75, 3.05) is 31.5 Å². The lowest BCUT2D eigenvalue weighted by Gasteiger charge is -2.17. The maximum atomic E-state index is 11.8. The van der Waals surface area contributed by atoms with Crippen molar-refractivity contribution >= 4 is 23.3 Å². The van der Waals surface area contributed by atoms with Crippen molar-refractivity contribution in [2.45, 2.75) is 27.2 Å². The van der Waals surface area contributed by atoms with Gasteiger partial charge in [-0.15, -0.1) is 0 Å². The van der Waals surface area contributed by atoms with E-state index in [1.807, 2.05) is 0 Å². The molecule has 23 heavy (non-hydrogen) atoms. The van der Waals surface area contributed by atoms with Crippen LogP contribution in [-0.2, 0) is 9.59 Å². The van der Waals surface area contributed by atoms with Gasteiger partial charge >= 0.3 is 11.8 Å². The van der Waals surface area contributed by atoms with Gasteiger partial charge in [-0.05, 0) is 45.1 Å². The molecular weight excluding hydrogens is 294 g/mol. The average Bonchev–Trinajstić information content (AvgIpc) is 2.55. The summed E-state index contributed by atoms with van der Waals surface area (Å²) in [7, 11) is 0. The number of nitrogens with zero attached hydrogens (tertiary/aromatic N) is 1. The zero-order valence-corrected chi connectivity index (χ0v) is 14.0. The Morgan fingerprint density at radius 1 is 1.09 bits per heavy atom. The van der Waals surface area contributed by atoms with Gasteiger partial charge in [-0.2, -0.15) is 0 Å². The quantitative estimate of drug-likeness (QED) is 0.434. The van der Waals surface area contributed by atoms with E-state index in [0.717, 1.165) is 26.1 Å². The van der Waals surface area contributed by atoms with Gasteiger partial charge in [-0.1, -0.05) is 26.0 Å². The molecule has 0 saturated heterocycles. The van der Waals surface area contributed by atoms with Crippen LogP contribution in [0.15, 0.2) is 24.3 Å². The van der Waals surface area contributed by atoms with Crippen molar-refractivity contribution in [3.8, 4) is 0 Å². The molecule has 2 N–H and O–H groups in total. The van der Waals surface area contributed by atoms with Crippen molar-refractivity contribution in [2.24, 2.45) is 0 Å². The Morgan fingerprint density at radius 2 is 1.78 bits per heavy atom. The Morgan fingerprint density at radius 3 is 2.39 bits per heavy atom. The molecule has 0 aliphatic carbocycles. The number of anilines is 1. The predicted molar refractivity (Wildman–Crippen MR) is 90.5 cm³/mol. The largest absolute Gasteiger partial charge is 0.348 e. The van der Waals surface area contributed by atoms with E-state index in [1.165, 1.54) is 6.92 Å². The van der Waals surface area contributed by atoms with Crippen molar-refractivity contribution < 1.29 is 14.4 Å². The molecule has 0 fully saturated rings. The number of amides is 2. The Labute approximate surface area is 137 Å². The highest BCUT2D eigenvalue weighted by Gasteiger charge is 2.13. The van der Waals surface area contributed by atoms with E-state index in [2.05, 4.69) is 29.4 Å². The van der Waals surface area contributed by atoms with Crippen LogP contribution in [0.25, 0.3) is 0 Å². The van der Waals surface area contributed by atoms with E-state index in [9.17, 15) is 14.4 Å². The lowest BCUT2D eigenvalue weighted by atomic mass is 10.1. The summed E-state index contributed by atoms with van der Waals surface area (Å²) in [5, 5.41) is 5.09. The van der Waals surface area contributed by atoms with Crippen LogP contribution in [0, 0.1) is 0 Å². The summed E-state index contributed by atoms with van der Waals surface area (Å²) in [6.45, 7) is 8.90. The van der Waals surface area contributed by atoms with E-state index < -0.39 is 11.8 Å². The molecule has 0 aromatic heterocycles. The predicted octanol–water partition coefficient (Wildman–Crippen LogP) is 1.68. The Balaban J connectivity index is 2.41. The topological polar surface area (TPSA) is 78.5 Å². The first-order valence-electron chi connectivity index (χ1n) is 7.90. The molecule has 1 rings (SSSR count). The molecule has 2 amide bonds. The second kappa shape index (κ2) is 9.74. The van der Waals surface area contributed by atoms with Crippen LogP contribution in [-0.4, -0.2) is 48.7 Å². The smallest absolute Gasteiger partial charge is 0.313 e. The summed E-state index contributed by atoms with van der Waals surface area (Å²) in [6, 6.07) is 6.51. The minimum Gasteiger partial charge on any atom is -0.348 e. The molecule has 0 aliphatic heterocycles. The SMILES string of the molecule is CCN(CC)CCCNC(=O)C(=O)Nc1cccc(C(C)=O)c1. The number of rotatable bonds is 8. The zero-order chi connectivity index (χ0) is 17.2. The average molecular weight is 319 g/mol. The molecule has 0 heterocycles. The lowest BCUT2D eigenvalue weighted by molar-refractivity contribution is -0.136. The molecule has 0 saturated carbocycles. The number of nitrogens with one attached hydrogen (secondary N) is 2. The first-order valence-corrected chi connectivity index (χ1v) is 7.90. The number of carbonyl (C=O) groups excluding carboxylic acids is 3. The fourth-order valence-corrected chi connectivity index (χ4v) is 2.13. The van der Waals surface area contributed by atoms with E-state index in [0.29, 0.717) is 17.8 Å². The number of carbonyl (C=O) groups is 3. The third kappa shape index (κ3) is 6.61. The Kier molecular flexibility index (Phi) is 7.97. The number of benzene rings is 1. The Bertz CT molecular complexity index is 554. The van der Waals surface area contributed by atoms with Gasteiger partial charge < -0.3 is 15.5 Å². The summed E-state index contributed by atoms with van der Waals surface area (Å²) in [4.78, 5) is 37.1. The summed E-state index contributed by atoms with van der Waals surface area (Å²) < 4.78 is 0. The van der Waals surface area contributed by atoms with Crippen LogP contribution in [0.3, 0.4) is 0 Å². The van der Waals surface area contributed by atoms with Gasteiger partial charge in [0.15, 0.2) is 5.78 Å². The standard InChI is InChI=1S/C17H25N3O3/c1-4-20(5-2)11-7-10-18-16(22)17(23)19-15-9-6-8-14(12-15)13(3)21/h6,8-9,12H,4-5,7,10-11H2,1-3H3,(H,18,22)(H,19,23). The van der Waals surface area contributed by atoms with Crippen LogP contribution < -0.4 is 10.6 Å². The highest BCUT2D eigenvalue weighted by molar-refractivity contribution is 6.39. The van der Waals surface area contributed by atoms with Crippen molar-refractivity contribution in [3.05, 3.63) is 29.8 Å². The highest BCUT2D eigenvalue weighted by atomic mass is 16.2. The van der Waals surface area contributed by atoms with Gasteiger partial charge in [0.05, 0.1) is 0 Å². The van der Waals surface area contributed by atoms with Crippen LogP contribution in [0.2, 0.25) is 0 Å². The van der Waals surface area contributed by atoms with Crippen LogP contribution in [0.4, 0.5) is 5.69 Å². The van der Waals surface area contributed by atoms with Gasteiger partial charge in [0.1, 0.15) is 0 Å². The third-order valence-corrected chi connectivity index (χ3v) is 3.56. The normalized spacial score (nSPS) is 10.4. The van der Waals surface area contributed by atoms with E-state index in [1.54, 1.807) is 24.3 Å². The fourth-order valence-electron chi connectivity index (χ4n) is 2.13. The summed E-state index contributed by atoms with van der Waals surface area (Å²) in [6.07, 6.45) is 0.792. The van der Waals surface area contributed by atoms with Crippen molar-refractivity contribution in [1.82, 2.24) is 10.2 Å². The third-order valence-electron chi connectivity index (χ3n) is 3.56. The van der Waals surface area contributed by atoms with Gasteiger partial charge in [0.2, 0.25) is 0 Å². The van der Waals surface area contributed by atoms with E-state index in [4.69, 9.17) is 0 Å². The molecular formula is C17H25N3O3. The number of hydrogen-bond acceptors (Lipinski definition) is 4. The summed E-state index contributed by atoms with van der Waals surface area (Å²) in [5.41, 5.74) is 0.920. The monoisotopic (exact) mass is 319 g/mol. The molecule has 0 radical (unpaired) electrons. The van der Waals surface area contributed by atoms with E-state index in [-0.39, 0.29) is 5.78 Å². The second-order valence-electron chi connectivity index (χ2n) is 5.23. The molecule has 1 aromatic carbocycles. The number of hydrogen-bond donors (Lipinski definition) is 2. The molecule has 0 aliphatic rings. The van der Waals surface area contributed by atoms with Crippen molar-refractivity contribution in [1.29, 1.82) is 0 Å². The fraction of sp³-hybridized carbons (Fsp3) is 0.471. The van der Waals surface area contributed by atoms with Crippen LogP contribution in [0.1, 0.15) is 37.6 Å². The van der Waals surface area contributed by atoms with Crippen LogP contribution in [0.5, 0.6) is 0 Å². The number of ketones is 1. The molecule has 6 nitrogen and oxygen atoms in total. The van der Waals surface area contributed by atoms with E-state index >= 15 is 0 Å². The lowest BCUT2D eigenvalue weighted by Crippen LogP contribution is -2.37. The minimum absolute atomic E-state index is 0.0954. The maximum absolute atomic E-state index is 11.8. The van der Waals surface area contributed by atoms with Gasteiger partial charge in [-0.25, -0.2) is 0 Å².